The van der Waals surface area contributed by atoms with Crippen LogP contribution in [-0.2, 0) is 25.1 Å². The standard InChI is InChI=1S/C28H39N3O7S/c1-21(2)18-29(39(36,37)25-16-14-24(15-17-25)31(34)35)19-26(32)28(3,23-12-6-5-7-13-23)30(20-38-4)27(33)22-10-8-9-11-22/h5-7,12-17,21-22,26,32H,8-11,18-20H2,1-4H3/t26-,28+/m1/s1. The number of nitro benzene ring substituents is 1. The Labute approximate surface area is 230 Å². The van der Waals surface area contributed by atoms with Gasteiger partial charge < -0.3 is 14.7 Å². The van der Waals surface area contributed by atoms with Crippen molar-refractivity contribution in [2.45, 2.75) is 63.0 Å². The number of carbonyl (C=O) groups excluding carboxylic acids is 1. The molecule has 10 nitrogen and oxygen atoms in total. The van der Waals surface area contributed by atoms with Gasteiger partial charge in [0.25, 0.3) is 5.69 Å². The Balaban J connectivity index is 2.04. The van der Waals surface area contributed by atoms with E-state index < -0.39 is 26.6 Å². The zero-order valence-electron chi connectivity index (χ0n) is 23.0. The van der Waals surface area contributed by atoms with E-state index in [1.54, 1.807) is 6.92 Å². The molecule has 0 spiro atoms. The van der Waals surface area contributed by atoms with E-state index in [1.165, 1.54) is 28.4 Å². The van der Waals surface area contributed by atoms with Crippen LogP contribution in [0.15, 0.2) is 59.5 Å². The lowest BCUT2D eigenvalue weighted by molar-refractivity contribution is -0.384. The van der Waals surface area contributed by atoms with Crippen LogP contribution < -0.4 is 0 Å². The van der Waals surface area contributed by atoms with Gasteiger partial charge in [-0.2, -0.15) is 4.31 Å². The van der Waals surface area contributed by atoms with Gasteiger partial charge in [0.2, 0.25) is 15.9 Å². The van der Waals surface area contributed by atoms with Gasteiger partial charge in [0.1, 0.15) is 6.73 Å². The highest BCUT2D eigenvalue weighted by Crippen LogP contribution is 2.37. The number of ether oxygens (including phenoxy) is 1. The molecule has 1 aliphatic rings. The first-order valence-electron chi connectivity index (χ1n) is 13.2. The summed E-state index contributed by atoms with van der Waals surface area (Å²) in [6.45, 7) is 5.19. The number of aliphatic hydroxyl groups is 1. The summed E-state index contributed by atoms with van der Waals surface area (Å²) in [5.74, 6) is -0.400. The molecule has 1 aliphatic carbocycles. The molecule has 0 aromatic heterocycles. The monoisotopic (exact) mass is 561 g/mol. The van der Waals surface area contributed by atoms with Gasteiger partial charge in [-0.1, -0.05) is 57.0 Å². The van der Waals surface area contributed by atoms with Crippen LogP contribution in [-0.4, -0.2) is 66.6 Å². The average molecular weight is 562 g/mol. The van der Waals surface area contributed by atoms with E-state index in [0.717, 1.165) is 37.8 Å². The molecule has 3 rings (SSSR count). The Hall–Kier alpha value is -2.86. The van der Waals surface area contributed by atoms with E-state index in [-0.39, 0.29) is 48.1 Å². The molecule has 0 unspecified atom stereocenters. The number of methoxy groups -OCH3 is 1. The quantitative estimate of drug-likeness (QED) is 0.221. The first kappa shape index (κ1) is 30.7. The maximum atomic E-state index is 13.8. The predicted octanol–water partition coefficient (Wildman–Crippen LogP) is 4.14. The molecule has 0 bridgehead atoms. The van der Waals surface area contributed by atoms with E-state index in [1.807, 2.05) is 44.2 Å². The number of nitro groups is 1. The van der Waals surface area contributed by atoms with E-state index in [9.17, 15) is 28.4 Å². The molecular formula is C28H39N3O7S. The molecule has 2 aromatic rings. The summed E-state index contributed by atoms with van der Waals surface area (Å²) in [4.78, 5) is 25.7. The van der Waals surface area contributed by atoms with Gasteiger partial charge in [-0.15, -0.1) is 0 Å². The lowest BCUT2D eigenvalue weighted by Crippen LogP contribution is -2.59. The van der Waals surface area contributed by atoms with Crippen molar-refractivity contribution in [1.82, 2.24) is 9.21 Å². The Morgan fingerprint density at radius 3 is 2.21 bits per heavy atom. The molecule has 0 heterocycles. The summed E-state index contributed by atoms with van der Waals surface area (Å²) < 4.78 is 34.1. The van der Waals surface area contributed by atoms with Gasteiger partial charge in [0.15, 0.2) is 0 Å². The Morgan fingerprint density at radius 1 is 1.10 bits per heavy atom. The number of hydrogen-bond donors (Lipinski definition) is 1. The smallest absolute Gasteiger partial charge is 0.269 e. The van der Waals surface area contributed by atoms with Crippen LogP contribution in [0, 0.1) is 22.0 Å². The molecule has 2 aromatic carbocycles. The Kier molecular flexibility index (Phi) is 10.2. The van der Waals surface area contributed by atoms with Gasteiger partial charge in [-0.3, -0.25) is 14.9 Å². The topological polar surface area (TPSA) is 130 Å². The Morgan fingerprint density at radius 2 is 1.69 bits per heavy atom. The van der Waals surface area contributed by atoms with Gasteiger partial charge in [0, 0.05) is 38.2 Å². The third-order valence-electron chi connectivity index (χ3n) is 7.43. The van der Waals surface area contributed by atoms with Crippen molar-refractivity contribution < 1.29 is 28.0 Å². The molecule has 0 aliphatic heterocycles. The second kappa shape index (κ2) is 13.0. The summed E-state index contributed by atoms with van der Waals surface area (Å²) in [6, 6.07) is 13.8. The molecule has 0 saturated heterocycles. The fraction of sp³-hybridized carbons (Fsp3) is 0.536. The summed E-state index contributed by atoms with van der Waals surface area (Å²) in [5.41, 5.74) is -0.878. The third-order valence-corrected chi connectivity index (χ3v) is 9.27. The fourth-order valence-electron chi connectivity index (χ4n) is 5.19. The number of aliphatic hydroxyl groups excluding tert-OH is 1. The molecule has 0 radical (unpaired) electrons. The van der Waals surface area contributed by atoms with Crippen LogP contribution in [0.4, 0.5) is 5.69 Å². The second-order valence-corrected chi connectivity index (χ2v) is 12.6. The molecule has 214 valence electrons. The van der Waals surface area contributed by atoms with Crippen LogP contribution in [0.1, 0.15) is 52.0 Å². The zero-order chi connectivity index (χ0) is 28.8. The SMILES string of the molecule is COCN(C(=O)C1CCCC1)[C@@](C)(c1ccccc1)[C@H](O)CN(CC(C)C)S(=O)(=O)c1ccc([N+](=O)[O-])cc1. The van der Waals surface area contributed by atoms with Gasteiger partial charge in [-0.25, -0.2) is 8.42 Å². The summed E-state index contributed by atoms with van der Waals surface area (Å²) >= 11 is 0. The van der Waals surface area contributed by atoms with Crippen LogP contribution in [0.2, 0.25) is 0 Å². The molecule has 11 heteroatoms. The minimum absolute atomic E-state index is 0.0724. The summed E-state index contributed by atoms with van der Waals surface area (Å²) in [7, 11) is -2.65. The first-order valence-corrected chi connectivity index (χ1v) is 14.7. The maximum Gasteiger partial charge on any atom is 0.269 e. The number of sulfonamides is 1. The lowest BCUT2D eigenvalue weighted by Gasteiger charge is -2.46. The molecule has 1 amide bonds. The van der Waals surface area contributed by atoms with E-state index in [4.69, 9.17) is 4.74 Å². The highest BCUT2D eigenvalue weighted by atomic mass is 32.2. The van der Waals surface area contributed by atoms with Crippen LogP contribution in [0.5, 0.6) is 0 Å². The van der Waals surface area contributed by atoms with Crippen molar-refractivity contribution in [2.24, 2.45) is 11.8 Å². The second-order valence-electron chi connectivity index (χ2n) is 10.7. The van der Waals surface area contributed by atoms with Crippen molar-refractivity contribution in [3.63, 3.8) is 0 Å². The van der Waals surface area contributed by atoms with Crippen molar-refractivity contribution in [1.29, 1.82) is 0 Å². The van der Waals surface area contributed by atoms with Gasteiger partial charge >= 0.3 is 0 Å². The molecule has 1 fully saturated rings. The minimum Gasteiger partial charge on any atom is -0.389 e. The van der Waals surface area contributed by atoms with Crippen molar-refractivity contribution >= 4 is 21.6 Å². The number of benzene rings is 2. The number of nitrogens with zero attached hydrogens (tertiary/aromatic N) is 3. The lowest BCUT2D eigenvalue weighted by atomic mass is 9.83. The molecule has 1 N–H and O–H groups in total. The maximum absolute atomic E-state index is 13.8. The molecule has 2 atom stereocenters. The van der Waals surface area contributed by atoms with Crippen LogP contribution in [0.3, 0.4) is 0 Å². The van der Waals surface area contributed by atoms with Crippen LogP contribution in [0.25, 0.3) is 0 Å². The minimum atomic E-state index is -4.13. The molecular weight excluding hydrogens is 522 g/mol. The highest BCUT2D eigenvalue weighted by molar-refractivity contribution is 7.89. The van der Waals surface area contributed by atoms with Gasteiger partial charge in [-0.05, 0) is 43.4 Å². The summed E-state index contributed by atoms with van der Waals surface area (Å²) in [6.07, 6.45) is 2.10. The highest BCUT2D eigenvalue weighted by Gasteiger charge is 2.46. The normalized spacial score (nSPS) is 16.8. The largest absolute Gasteiger partial charge is 0.389 e. The number of amides is 1. The van der Waals surface area contributed by atoms with E-state index in [2.05, 4.69) is 0 Å². The number of non-ortho nitro benzene ring substituents is 1. The van der Waals surface area contributed by atoms with Crippen molar-refractivity contribution in [2.75, 3.05) is 26.9 Å². The first-order chi connectivity index (χ1) is 18.4. The number of rotatable bonds is 13. The van der Waals surface area contributed by atoms with Crippen LogP contribution >= 0.6 is 0 Å². The average Bonchev–Trinajstić information content (AvgIpc) is 3.46. The Bertz CT molecular complexity index is 1220. The summed E-state index contributed by atoms with van der Waals surface area (Å²) in [5, 5.41) is 22.9. The van der Waals surface area contributed by atoms with E-state index in [0.29, 0.717) is 5.56 Å². The van der Waals surface area contributed by atoms with E-state index >= 15 is 0 Å². The van der Waals surface area contributed by atoms with Crippen molar-refractivity contribution in [3.8, 4) is 0 Å². The number of hydrogen-bond acceptors (Lipinski definition) is 7. The van der Waals surface area contributed by atoms with Crippen molar-refractivity contribution in [3.05, 3.63) is 70.3 Å². The fourth-order valence-corrected chi connectivity index (χ4v) is 6.80. The molecule has 1 saturated carbocycles. The number of carbonyl (C=O) groups is 1. The predicted molar refractivity (Wildman–Crippen MR) is 147 cm³/mol. The van der Waals surface area contributed by atoms with Gasteiger partial charge in [0.05, 0.1) is 21.5 Å². The third kappa shape index (κ3) is 6.84. The molecule has 39 heavy (non-hydrogen) atoms. The zero-order valence-corrected chi connectivity index (χ0v) is 23.8.